The van der Waals surface area contributed by atoms with Gasteiger partial charge in [-0.15, -0.1) is 0 Å². The summed E-state index contributed by atoms with van der Waals surface area (Å²) >= 11 is 1.60. The number of carbonyl (C=O) groups excluding carboxylic acids is 2. The molecule has 0 spiro atoms. The molecule has 2 amide bonds. The Kier molecular flexibility index (Phi) is 7.90. The number of carboxylic acids is 2. The van der Waals surface area contributed by atoms with E-state index in [9.17, 15) is 19.2 Å². The highest BCUT2D eigenvalue weighted by atomic mass is 32.1. The fourth-order valence-corrected chi connectivity index (χ4v) is 4.02. The monoisotopic (exact) mass is 534 g/mol. The van der Waals surface area contributed by atoms with Gasteiger partial charge in [0.25, 0.3) is 11.8 Å². The van der Waals surface area contributed by atoms with Crippen LogP contribution in [0.2, 0.25) is 0 Å². The van der Waals surface area contributed by atoms with Gasteiger partial charge in [-0.3, -0.25) is 20.2 Å². The van der Waals surface area contributed by atoms with Gasteiger partial charge in [0.1, 0.15) is 21.3 Å². The maximum absolute atomic E-state index is 12.8. The van der Waals surface area contributed by atoms with Crippen LogP contribution in [0.15, 0.2) is 30.6 Å². The third-order valence-corrected chi connectivity index (χ3v) is 6.11. The second-order valence-corrected chi connectivity index (χ2v) is 10.1. The van der Waals surface area contributed by atoms with E-state index < -0.39 is 29.4 Å². The van der Waals surface area contributed by atoms with Crippen molar-refractivity contribution in [3.63, 3.8) is 0 Å². The van der Waals surface area contributed by atoms with Crippen LogP contribution < -0.4 is 20.1 Å². The number of thiazole rings is 2. The van der Waals surface area contributed by atoms with Gasteiger partial charge in [-0.2, -0.15) is 0 Å². The molecule has 4 N–H and O–H groups in total. The van der Waals surface area contributed by atoms with E-state index in [2.05, 4.69) is 20.6 Å². The van der Waals surface area contributed by atoms with Gasteiger partial charge in [0.2, 0.25) is 0 Å². The first-order chi connectivity index (χ1) is 16.8. The Morgan fingerprint density at radius 2 is 1.42 bits per heavy atom. The third kappa shape index (κ3) is 6.76. The number of rotatable bonds is 10. The molecule has 0 atom stereocenters. The number of aromatic carboxylic acids is 2. The fourth-order valence-electron chi connectivity index (χ4n) is 2.72. The molecule has 3 rings (SSSR count). The van der Waals surface area contributed by atoms with E-state index in [-0.39, 0.29) is 37.4 Å². The zero-order valence-electron chi connectivity index (χ0n) is 19.5. The van der Waals surface area contributed by atoms with Gasteiger partial charge in [-0.1, -0.05) is 22.7 Å². The number of benzene rings is 1. The number of anilines is 2. The van der Waals surface area contributed by atoms with Crippen LogP contribution in [0, 0.1) is 0 Å². The maximum atomic E-state index is 12.8. The molecule has 0 aliphatic heterocycles. The van der Waals surface area contributed by atoms with Crippen molar-refractivity contribution < 1.29 is 38.9 Å². The number of ether oxygens (including phenoxy) is 2. The van der Waals surface area contributed by atoms with Crippen LogP contribution in [-0.4, -0.2) is 55.6 Å². The minimum Gasteiger partial charge on any atom is -0.491 e. The zero-order chi connectivity index (χ0) is 26.6. The lowest BCUT2D eigenvalue weighted by atomic mass is 10.1. The lowest BCUT2D eigenvalue weighted by Crippen LogP contribution is -2.42. The number of hydrogen-bond acceptors (Lipinski definition) is 10. The third-order valence-electron chi connectivity index (χ3n) is 4.31. The molecule has 1 aromatic carbocycles. The highest BCUT2D eigenvalue weighted by Crippen LogP contribution is 2.29. The Bertz CT molecular complexity index is 1310. The molecular weight excluding hydrogens is 512 g/mol. The number of nitrogens with one attached hydrogen (secondary N) is 2. The summed E-state index contributed by atoms with van der Waals surface area (Å²) in [6.45, 7) is 6.58. The summed E-state index contributed by atoms with van der Waals surface area (Å²) in [6.07, 6.45) is 2.05. The molecule has 2 heterocycles. The minimum absolute atomic E-state index is 0.0327. The van der Waals surface area contributed by atoms with E-state index in [4.69, 9.17) is 19.7 Å². The predicted octanol–water partition coefficient (Wildman–Crippen LogP) is 3.83. The molecule has 0 unspecified atom stereocenters. The average molecular weight is 535 g/mol. The molecule has 0 aliphatic carbocycles. The second kappa shape index (κ2) is 10.7. The molecule has 190 valence electrons. The van der Waals surface area contributed by atoms with Crippen LogP contribution in [0.5, 0.6) is 11.5 Å². The highest BCUT2D eigenvalue weighted by Gasteiger charge is 2.31. The topological polar surface area (TPSA) is 177 Å². The molecule has 3 aromatic rings. The summed E-state index contributed by atoms with van der Waals surface area (Å²) in [5.74, 6) is -3.05. The Labute approximate surface area is 212 Å². The van der Waals surface area contributed by atoms with Crippen LogP contribution in [0.3, 0.4) is 0 Å². The zero-order valence-corrected chi connectivity index (χ0v) is 21.2. The first kappa shape index (κ1) is 26.6. The fraction of sp³-hybridized carbons (Fsp3) is 0.273. The largest absolute Gasteiger partial charge is 0.491 e. The van der Waals surface area contributed by atoms with E-state index in [0.717, 1.165) is 35.1 Å². The second-order valence-electron chi connectivity index (χ2n) is 8.05. The Morgan fingerprint density at radius 1 is 0.889 bits per heavy atom. The van der Waals surface area contributed by atoms with Crippen molar-refractivity contribution in [3.05, 3.63) is 45.9 Å². The minimum atomic E-state index is -1.45. The number of hydrogen-bond donors (Lipinski definition) is 4. The van der Waals surface area contributed by atoms with E-state index in [1.54, 1.807) is 13.8 Å². The van der Waals surface area contributed by atoms with Crippen molar-refractivity contribution in [2.45, 2.75) is 39.4 Å². The molecule has 0 radical (unpaired) electrons. The van der Waals surface area contributed by atoms with Crippen molar-refractivity contribution in [1.29, 1.82) is 0 Å². The van der Waals surface area contributed by atoms with Crippen molar-refractivity contribution in [1.82, 2.24) is 9.97 Å². The SMILES string of the molecule is CC(C)Oc1cc(OC(C)(C)C(=O)Nc2ncc(C(=O)O)s2)cc(C(=O)Nc2ncc(C(=O)O)s2)c1. The molecule has 0 saturated carbocycles. The van der Waals surface area contributed by atoms with E-state index >= 15 is 0 Å². The van der Waals surface area contributed by atoms with E-state index in [0.29, 0.717) is 5.75 Å². The predicted molar refractivity (Wildman–Crippen MR) is 132 cm³/mol. The smallest absolute Gasteiger partial charge is 0.347 e. The molecule has 0 fully saturated rings. The number of carboxylic acid groups (broad SMARTS) is 2. The Hall–Kier alpha value is -4.04. The molecule has 0 bridgehead atoms. The summed E-state index contributed by atoms with van der Waals surface area (Å²) in [5.41, 5.74) is -1.33. The normalized spacial score (nSPS) is 11.1. The highest BCUT2D eigenvalue weighted by molar-refractivity contribution is 7.17. The van der Waals surface area contributed by atoms with E-state index in [1.807, 2.05) is 0 Å². The van der Waals surface area contributed by atoms with Crippen LogP contribution >= 0.6 is 22.7 Å². The standard InChI is InChI=1S/C22H22N4O8S2/c1-10(2)33-12-5-11(16(27)25-20-23-8-14(35-20)17(28)29)6-13(7-12)34-22(3,4)19(32)26-21-24-9-15(36-21)18(30)31/h5-10H,1-4H3,(H,28,29)(H,30,31)(H,23,25,27)(H,24,26,32). The molecular formula is C22H22N4O8S2. The van der Waals surface area contributed by atoms with Gasteiger partial charge in [0.15, 0.2) is 15.9 Å². The Morgan fingerprint density at radius 3 is 1.92 bits per heavy atom. The maximum Gasteiger partial charge on any atom is 0.347 e. The number of nitrogens with zero attached hydrogens (tertiary/aromatic N) is 2. The summed E-state index contributed by atoms with van der Waals surface area (Å²) in [6, 6.07) is 4.39. The van der Waals surface area contributed by atoms with Gasteiger partial charge in [0, 0.05) is 11.6 Å². The molecule has 0 aliphatic rings. The van der Waals surface area contributed by atoms with Gasteiger partial charge < -0.3 is 19.7 Å². The quantitative estimate of drug-likeness (QED) is 0.299. The van der Waals surface area contributed by atoms with Crippen LogP contribution in [0.1, 0.15) is 57.4 Å². The summed E-state index contributed by atoms with van der Waals surface area (Å²) < 4.78 is 11.6. The molecule has 12 nitrogen and oxygen atoms in total. The number of carbonyl (C=O) groups is 4. The lowest BCUT2D eigenvalue weighted by Gasteiger charge is -2.25. The van der Waals surface area contributed by atoms with Gasteiger partial charge >= 0.3 is 11.9 Å². The Balaban J connectivity index is 1.81. The number of aromatic nitrogens is 2. The first-order valence-electron chi connectivity index (χ1n) is 10.4. The van der Waals surface area contributed by atoms with Crippen LogP contribution in [0.25, 0.3) is 0 Å². The van der Waals surface area contributed by atoms with Crippen molar-refractivity contribution in [2.75, 3.05) is 10.6 Å². The van der Waals surface area contributed by atoms with Crippen molar-refractivity contribution >= 4 is 56.7 Å². The number of amides is 2. The molecule has 2 aromatic heterocycles. The summed E-state index contributed by atoms with van der Waals surface area (Å²) in [5, 5.41) is 23.3. The van der Waals surface area contributed by atoms with Gasteiger partial charge in [-0.25, -0.2) is 19.6 Å². The summed E-state index contributed by atoms with van der Waals surface area (Å²) in [7, 11) is 0. The first-order valence-corrected chi connectivity index (χ1v) is 12.0. The van der Waals surface area contributed by atoms with Crippen molar-refractivity contribution in [2.24, 2.45) is 0 Å². The van der Waals surface area contributed by atoms with Crippen LogP contribution in [0.4, 0.5) is 10.3 Å². The van der Waals surface area contributed by atoms with Crippen molar-refractivity contribution in [3.8, 4) is 11.5 Å². The molecule has 14 heteroatoms. The van der Waals surface area contributed by atoms with Gasteiger partial charge in [0.05, 0.1) is 18.5 Å². The molecule has 36 heavy (non-hydrogen) atoms. The van der Waals surface area contributed by atoms with Crippen LogP contribution in [-0.2, 0) is 4.79 Å². The molecule has 0 saturated heterocycles. The van der Waals surface area contributed by atoms with Gasteiger partial charge in [-0.05, 0) is 39.8 Å². The summed E-state index contributed by atoms with van der Waals surface area (Å²) in [4.78, 5) is 55.4. The average Bonchev–Trinajstić information content (AvgIpc) is 3.42. The lowest BCUT2D eigenvalue weighted by molar-refractivity contribution is -0.128. The van der Waals surface area contributed by atoms with E-state index in [1.165, 1.54) is 32.0 Å².